The Labute approximate surface area is 144 Å². The predicted octanol–water partition coefficient (Wildman–Crippen LogP) is 2.00. The van der Waals surface area contributed by atoms with Crippen LogP contribution in [0.3, 0.4) is 0 Å². The van der Waals surface area contributed by atoms with Crippen molar-refractivity contribution in [2.24, 2.45) is 0 Å². The van der Waals surface area contributed by atoms with Crippen LogP contribution >= 0.6 is 28.1 Å². The highest BCUT2D eigenvalue weighted by Gasteiger charge is 2.20. The maximum absolute atomic E-state index is 12.2. The van der Waals surface area contributed by atoms with E-state index in [0.29, 0.717) is 17.1 Å². The fraction of sp³-hybridized carbons (Fsp3) is 0.400. The molecule has 1 aliphatic rings. The van der Waals surface area contributed by atoms with Crippen molar-refractivity contribution in [3.63, 3.8) is 0 Å². The monoisotopic (exact) mass is 380 g/mol. The zero-order valence-corrected chi connectivity index (χ0v) is 14.5. The largest absolute Gasteiger partial charge is 0.346 e. The molecule has 0 atom stereocenters. The average molecular weight is 381 g/mol. The third kappa shape index (κ3) is 4.50. The Kier molecular flexibility index (Phi) is 6.31. The molecule has 1 aromatic carbocycles. The second-order valence-electron chi connectivity index (χ2n) is 4.98. The van der Waals surface area contributed by atoms with Gasteiger partial charge in [-0.15, -0.1) is 0 Å². The van der Waals surface area contributed by atoms with Crippen LogP contribution in [0.25, 0.3) is 0 Å². The standard InChI is InChI=1S/C15H17BrN4OS/c16-13-5-2-1-4-12(13)14(21)18-15(22)20-10-8-19(9-11-20)7-3-6-17/h1-2,4-5H,3,7-11H2,(H,18,21,22). The number of nitriles is 1. The minimum Gasteiger partial charge on any atom is -0.346 e. The van der Waals surface area contributed by atoms with Gasteiger partial charge < -0.3 is 4.90 Å². The van der Waals surface area contributed by atoms with E-state index in [-0.39, 0.29) is 5.91 Å². The van der Waals surface area contributed by atoms with Crippen LogP contribution in [-0.4, -0.2) is 53.5 Å². The van der Waals surface area contributed by atoms with E-state index in [1.165, 1.54) is 0 Å². The highest BCUT2D eigenvalue weighted by Crippen LogP contribution is 2.15. The van der Waals surface area contributed by atoms with Gasteiger partial charge in [0.1, 0.15) is 0 Å². The number of halogens is 1. The van der Waals surface area contributed by atoms with Gasteiger partial charge in [0.15, 0.2) is 5.11 Å². The lowest BCUT2D eigenvalue weighted by molar-refractivity contribution is 0.0969. The lowest BCUT2D eigenvalue weighted by Gasteiger charge is -2.35. The van der Waals surface area contributed by atoms with E-state index in [0.717, 1.165) is 37.2 Å². The number of carbonyl (C=O) groups excluding carboxylic acids is 1. The smallest absolute Gasteiger partial charge is 0.258 e. The zero-order chi connectivity index (χ0) is 15.9. The van der Waals surface area contributed by atoms with Crippen LogP contribution in [0.2, 0.25) is 0 Å². The summed E-state index contributed by atoms with van der Waals surface area (Å²) in [6.07, 6.45) is 0.545. The molecule has 1 amide bonds. The van der Waals surface area contributed by atoms with Crippen LogP contribution < -0.4 is 5.32 Å². The van der Waals surface area contributed by atoms with Crippen molar-refractivity contribution in [3.05, 3.63) is 34.3 Å². The minimum atomic E-state index is -0.204. The SMILES string of the molecule is N#CCCN1CCN(C(=S)NC(=O)c2ccccc2Br)CC1. The molecule has 0 spiro atoms. The third-order valence-corrected chi connectivity index (χ3v) is 4.59. The molecule has 5 nitrogen and oxygen atoms in total. The second-order valence-corrected chi connectivity index (χ2v) is 6.22. The molecule has 0 bridgehead atoms. The van der Waals surface area contributed by atoms with E-state index >= 15 is 0 Å². The van der Waals surface area contributed by atoms with Crippen molar-refractivity contribution in [3.8, 4) is 6.07 Å². The van der Waals surface area contributed by atoms with Gasteiger partial charge in [-0.3, -0.25) is 15.0 Å². The molecule has 7 heteroatoms. The molecule has 0 aromatic heterocycles. The number of benzene rings is 1. The summed E-state index contributed by atoms with van der Waals surface area (Å²) < 4.78 is 0.747. The summed E-state index contributed by atoms with van der Waals surface area (Å²) in [6, 6.07) is 9.41. The summed E-state index contributed by atoms with van der Waals surface area (Å²) in [5.41, 5.74) is 0.567. The Morgan fingerprint density at radius 3 is 2.64 bits per heavy atom. The molecule has 116 valence electrons. The lowest BCUT2D eigenvalue weighted by atomic mass is 10.2. The zero-order valence-electron chi connectivity index (χ0n) is 12.1. The number of nitrogens with zero attached hydrogens (tertiary/aromatic N) is 3. The molecule has 0 saturated carbocycles. The second kappa shape index (κ2) is 8.22. The predicted molar refractivity (Wildman–Crippen MR) is 92.4 cm³/mol. The Balaban J connectivity index is 1.85. The van der Waals surface area contributed by atoms with Crippen LogP contribution in [-0.2, 0) is 0 Å². The first-order chi connectivity index (χ1) is 10.6. The summed E-state index contributed by atoms with van der Waals surface area (Å²) in [6.45, 7) is 4.03. The topological polar surface area (TPSA) is 59.4 Å². The van der Waals surface area contributed by atoms with E-state index in [1.54, 1.807) is 6.07 Å². The average Bonchev–Trinajstić information content (AvgIpc) is 2.53. The van der Waals surface area contributed by atoms with Gasteiger partial charge in [0, 0.05) is 43.6 Å². The number of hydrogen-bond donors (Lipinski definition) is 1. The van der Waals surface area contributed by atoms with Crippen molar-refractivity contribution in [1.29, 1.82) is 5.26 Å². The Bertz CT molecular complexity index is 593. The normalized spacial score (nSPS) is 15.2. The molecule has 0 aliphatic carbocycles. The lowest BCUT2D eigenvalue weighted by Crippen LogP contribution is -2.52. The fourth-order valence-electron chi connectivity index (χ4n) is 2.27. The van der Waals surface area contributed by atoms with E-state index in [9.17, 15) is 4.79 Å². The van der Waals surface area contributed by atoms with Crippen molar-refractivity contribution >= 4 is 39.2 Å². The molecule has 1 fully saturated rings. The Hall–Kier alpha value is -1.49. The first-order valence-corrected chi connectivity index (χ1v) is 8.26. The molecule has 1 heterocycles. The molecule has 2 rings (SSSR count). The van der Waals surface area contributed by atoms with Crippen molar-refractivity contribution in [2.75, 3.05) is 32.7 Å². The van der Waals surface area contributed by atoms with Crippen LogP contribution in [0.1, 0.15) is 16.8 Å². The molecular weight excluding hydrogens is 364 g/mol. The first kappa shape index (κ1) is 16.9. The van der Waals surface area contributed by atoms with E-state index in [4.69, 9.17) is 17.5 Å². The van der Waals surface area contributed by atoms with Gasteiger partial charge in [0.25, 0.3) is 5.91 Å². The van der Waals surface area contributed by atoms with Crippen LogP contribution in [0, 0.1) is 11.3 Å². The molecule has 1 saturated heterocycles. The maximum Gasteiger partial charge on any atom is 0.258 e. The van der Waals surface area contributed by atoms with Crippen molar-refractivity contribution in [2.45, 2.75) is 6.42 Å². The van der Waals surface area contributed by atoms with Gasteiger partial charge in [0.05, 0.1) is 11.6 Å². The van der Waals surface area contributed by atoms with E-state index < -0.39 is 0 Å². The quantitative estimate of drug-likeness (QED) is 0.812. The van der Waals surface area contributed by atoms with Gasteiger partial charge in [0.2, 0.25) is 0 Å². The van der Waals surface area contributed by atoms with Gasteiger partial charge in [-0.2, -0.15) is 5.26 Å². The molecule has 1 N–H and O–H groups in total. The number of piperazine rings is 1. The van der Waals surface area contributed by atoms with Crippen LogP contribution in [0.15, 0.2) is 28.7 Å². The van der Waals surface area contributed by atoms with Crippen LogP contribution in [0.5, 0.6) is 0 Å². The number of amides is 1. The minimum absolute atomic E-state index is 0.204. The molecule has 1 aliphatic heterocycles. The van der Waals surface area contributed by atoms with Crippen LogP contribution in [0.4, 0.5) is 0 Å². The Morgan fingerprint density at radius 2 is 2.00 bits per heavy atom. The highest BCUT2D eigenvalue weighted by molar-refractivity contribution is 9.10. The van der Waals surface area contributed by atoms with Gasteiger partial charge in [-0.1, -0.05) is 12.1 Å². The summed E-state index contributed by atoms with van der Waals surface area (Å²) >= 11 is 8.69. The highest BCUT2D eigenvalue weighted by atomic mass is 79.9. The summed E-state index contributed by atoms with van der Waals surface area (Å²) in [5.74, 6) is -0.204. The number of carbonyl (C=O) groups is 1. The molecule has 22 heavy (non-hydrogen) atoms. The third-order valence-electron chi connectivity index (χ3n) is 3.54. The van der Waals surface area contributed by atoms with Gasteiger partial charge in [-0.25, -0.2) is 0 Å². The molecular formula is C15H17BrN4OS. The molecule has 1 aromatic rings. The molecule has 0 radical (unpaired) electrons. The van der Waals surface area contributed by atoms with Crippen molar-refractivity contribution in [1.82, 2.24) is 15.1 Å². The number of thiocarbonyl (C=S) groups is 1. The Morgan fingerprint density at radius 1 is 1.32 bits per heavy atom. The number of nitrogens with one attached hydrogen (secondary N) is 1. The van der Waals surface area contributed by atoms with E-state index in [1.807, 2.05) is 23.1 Å². The maximum atomic E-state index is 12.2. The molecule has 0 unspecified atom stereocenters. The number of rotatable bonds is 3. The van der Waals surface area contributed by atoms with Crippen molar-refractivity contribution < 1.29 is 4.79 Å². The summed E-state index contributed by atoms with van der Waals surface area (Å²) in [7, 11) is 0. The van der Waals surface area contributed by atoms with Gasteiger partial charge in [-0.05, 0) is 40.3 Å². The number of hydrogen-bond acceptors (Lipinski definition) is 4. The first-order valence-electron chi connectivity index (χ1n) is 7.06. The fourth-order valence-corrected chi connectivity index (χ4v) is 3.01. The van der Waals surface area contributed by atoms with Gasteiger partial charge >= 0.3 is 0 Å². The summed E-state index contributed by atoms with van der Waals surface area (Å²) in [5, 5.41) is 11.8. The van der Waals surface area contributed by atoms with E-state index in [2.05, 4.69) is 32.2 Å². The summed E-state index contributed by atoms with van der Waals surface area (Å²) in [4.78, 5) is 16.4.